The van der Waals surface area contributed by atoms with E-state index in [0.717, 1.165) is 22.8 Å². The van der Waals surface area contributed by atoms with Crippen molar-refractivity contribution in [1.29, 1.82) is 0 Å². The number of pyridine rings is 1. The Labute approximate surface area is 93.4 Å². The van der Waals surface area contributed by atoms with Crippen LogP contribution >= 0.6 is 0 Å². The minimum Gasteiger partial charge on any atom is -0.506 e. The fourth-order valence-electron chi connectivity index (χ4n) is 1.75. The van der Waals surface area contributed by atoms with E-state index in [-0.39, 0.29) is 11.4 Å². The topological polar surface area (TPSA) is 33.1 Å². The third-order valence-corrected chi connectivity index (χ3v) is 2.32. The molecule has 1 heterocycles. The van der Waals surface area contributed by atoms with E-state index in [1.54, 1.807) is 0 Å². The first-order chi connectivity index (χ1) is 7.56. The lowest BCUT2D eigenvalue weighted by Crippen LogP contribution is -1.90. The first-order valence-electron chi connectivity index (χ1n) is 4.99. The normalized spacial score (nSPS) is 10.4. The molecule has 2 aromatic rings. The van der Waals surface area contributed by atoms with Crippen molar-refractivity contribution in [3.8, 4) is 17.0 Å². The fraction of sp³-hybridized carbons (Fsp3) is 0.154. The molecule has 1 aromatic heterocycles. The van der Waals surface area contributed by atoms with E-state index in [4.69, 9.17) is 5.11 Å². The SMILES string of the molecule is Cc1cc(C)cc(-c2ncc(O)cc2F)c1. The lowest BCUT2D eigenvalue weighted by atomic mass is 10.0. The number of benzene rings is 1. The highest BCUT2D eigenvalue weighted by Gasteiger charge is 2.08. The zero-order valence-corrected chi connectivity index (χ0v) is 9.16. The number of aromatic hydroxyl groups is 1. The molecule has 2 rings (SSSR count). The van der Waals surface area contributed by atoms with Crippen LogP contribution in [0, 0.1) is 19.7 Å². The molecule has 0 spiro atoms. The molecule has 82 valence electrons. The van der Waals surface area contributed by atoms with Crippen molar-refractivity contribution in [3.63, 3.8) is 0 Å². The maximum absolute atomic E-state index is 13.6. The van der Waals surface area contributed by atoms with Crippen molar-refractivity contribution in [2.24, 2.45) is 0 Å². The highest BCUT2D eigenvalue weighted by Crippen LogP contribution is 2.24. The third-order valence-electron chi connectivity index (χ3n) is 2.32. The predicted octanol–water partition coefficient (Wildman–Crippen LogP) is 3.21. The highest BCUT2D eigenvalue weighted by molar-refractivity contribution is 5.62. The van der Waals surface area contributed by atoms with Gasteiger partial charge in [0.15, 0.2) is 5.82 Å². The van der Waals surface area contributed by atoms with Crippen LogP contribution in [0.15, 0.2) is 30.5 Å². The van der Waals surface area contributed by atoms with E-state index < -0.39 is 5.82 Å². The number of rotatable bonds is 1. The number of nitrogens with zero attached hydrogens (tertiary/aromatic N) is 1. The van der Waals surface area contributed by atoms with Gasteiger partial charge in [-0.15, -0.1) is 0 Å². The van der Waals surface area contributed by atoms with Gasteiger partial charge in [-0.05, 0) is 26.0 Å². The molecule has 0 aliphatic heterocycles. The molecule has 0 saturated heterocycles. The van der Waals surface area contributed by atoms with Crippen LogP contribution in [0.1, 0.15) is 11.1 Å². The Morgan fingerprint density at radius 2 is 1.69 bits per heavy atom. The van der Waals surface area contributed by atoms with Gasteiger partial charge in [-0.25, -0.2) is 9.37 Å². The van der Waals surface area contributed by atoms with Crippen LogP contribution in [-0.2, 0) is 0 Å². The molecule has 16 heavy (non-hydrogen) atoms. The van der Waals surface area contributed by atoms with Gasteiger partial charge in [0.1, 0.15) is 11.4 Å². The average Bonchev–Trinajstić information content (AvgIpc) is 2.15. The van der Waals surface area contributed by atoms with E-state index >= 15 is 0 Å². The number of hydrogen-bond donors (Lipinski definition) is 1. The predicted molar refractivity (Wildman–Crippen MR) is 60.8 cm³/mol. The Balaban J connectivity index is 2.58. The van der Waals surface area contributed by atoms with Gasteiger partial charge in [0.05, 0.1) is 6.20 Å². The molecule has 0 bridgehead atoms. The van der Waals surface area contributed by atoms with Crippen molar-refractivity contribution >= 4 is 0 Å². The second-order valence-corrected chi connectivity index (χ2v) is 3.90. The van der Waals surface area contributed by atoms with Crippen LogP contribution in [0.5, 0.6) is 5.75 Å². The number of halogens is 1. The summed E-state index contributed by atoms with van der Waals surface area (Å²) in [5, 5.41) is 9.09. The van der Waals surface area contributed by atoms with Crippen molar-refractivity contribution in [2.75, 3.05) is 0 Å². The minimum absolute atomic E-state index is 0.161. The minimum atomic E-state index is -0.509. The van der Waals surface area contributed by atoms with E-state index in [1.807, 2.05) is 32.0 Å². The summed E-state index contributed by atoms with van der Waals surface area (Å²) in [6.07, 6.45) is 1.25. The lowest BCUT2D eigenvalue weighted by Gasteiger charge is -2.05. The summed E-state index contributed by atoms with van der Waals surface area (Å²) < 4.78 is 13.6. The van der Waals surface area contributed by atoms with Crippen LogP contribution in [-0.4, -0.2) is 10.1 Å². The second kappa shape index (κ2) is 3.93. The van der Waals surface area contributed by atoms with Crippen molar-refractivity contribution in [1.82, 2.24) is 4.98 Å². The molecule has 3 heteroatoms. The summed E-state index contributed by atoms with van der Waals surface area (Å²) in [7, 11) is 0. The molecule has 0 amide bonds. The van der Waals surface area contributed by atoms with Crippen LogP contribution < -0.4 is 0 Å². The molecule has 0 aliphatic rings. The summed E-state index contributed by atoms with van der Waals surface area (Å²) in [6, 6.07) is 6.83. The van der Waals surface area contributed by atoms with Crippen molar-refractivity contribution in [3.05, 3.63) is 47.4 Å². The summed E-state index contributed by atoms with van der Waals surface area (Å²) in [5.41, 5.74) is 3.12. The number of aromatic nitrogens is 1. The lowest BCUT2D eigenvalue weighted by molar-refractivity contribution is 0.466. The van der Waals surface area contributed by atoms with E-state index in [9.17, 15) is 4.39 Å². The van der Waals surface area contributed by atoms with Gasteiger partial charge in [-0.1, -0.05) is 17.2 Å². The Bertz CT molecular complexity index is 517. The maximum Gasteiger partial charge on any atom is 0.153 e. The van der Waals surface area contributed by atoms with E-state index in [1.165, 1.54) is 6.20 Å². The molecule has 1 aromatic carbocycles. The van der Waals surface area contributed by atoms with Crippen LogP contribution in [0.4, 0.5) is 4.39 Å². The average molecular weight is 217 g/mol. The highest BCUT2D eigenvalue weighted by atomic mass is 19.1. The van der Waals surface area contributed by atoms with Gasteiger partial charge in [0, 0.05) is 11.6 Å². The first-order valence-corrected chi connectivity index (χ1v) is 4.99. The largest absolute Gasteiger partial charge is 0.506 e. The van der Waals surface area contributed by atoms with Crippen LogP contribution in [0.25, 0.3) is 11.3 Å². The number of aryl methyl sites for hydroxylation is 2. The Morgan fingerprint density at radius 3 is 2.25 bits per heavy atom. The summed E-state index contributed by atoms with van der Waals surface area (Å²) in [5.74, 6) is -0.671. The van der Waals surface area contributed by atoms with Gasteiger partial charge < -0.3 is 5.11 Å². The van der Waals surface area contributed by atoms with Gasteiger partial charge in [-0.3, -0.25) is 0 Å². The standard InChI is InChI=1S/C13H12FNO/c1-8-3-9(2)5-10(4-8)13-12(14)6-11(16)7-15-13/h3-7,16H,1-2H3. The zero-order valence-electron chi connectivity index (χ0n) is 9.16. The van der Waals surface area contributed by atoms with Crippen molar-refractivity contribution in [2.45, 2.75) is 13.8 Å². The van der Waals surface area contributed by atoms with Gasteiger partial charge in [-0.2, -0.15) is 0 Å². The van der Waals surface area contributed by atoms with Crippen molar-refractivity contribution < 1.29 is 9.50 Å². The molecule has 0 unspecified atom stereocenters. The zero-order chi connectivity index (χ0) is 11.7. The third kappa shape index (κ3) is 2.03. The summed E-state index contributed by atoms with van der Waals surface area (Å²) in [4.78, 5) is 3.91. The molecular formula is C13H12FNO. The monoisotopic (exact) mass is 217 g/mol. The Kier molecular flexibility index (Phi) is 2.60. The maximum atomic E-state index is 13.6. The van der Waals surface area contributed by atoms with Crippen LogP contribution in [0.3, 0.4) is 0 Å². The van der Waals surface area contributed by atoms with Crippen LogP contribution in [0.2, 0.25) is 0 Å². The van der Waals surface area contributed by atoms with Gasteiger partial charge in [0.2, 0.25) is 0 Å². The second-order valence-electron chi connectivity index (χ2n) is 3.90. The Morgan fingerprint density at radius 1 is 1.06 bits per heavy atom. The van der Waals surface area contributed by atoms with E-state index in [0.29, 0.717) is 0 Å². The summed E-state index contributed by atoms with van der Waals surface area (Å²) in [6.45, 7) is 3.91. The molecule has 2 nitrogen and oxygen atoms in total. The van der Waals surface area contributed by atoms with Gasteiger partial charge >= 0.3 is 0 Å². The fourth-order valence-corrected chi connectivity index (χ4v) is 1.75. The van der Waals surface area contributed by atoms with Gasteiger partial charge in [0.25, 0.3) is 0 Å². The Hall–Kier alpha value is -1.90. The molecule has 0 fully saturated rings. The number of hydrogen-bond acceptors (Lipinski definition) is 2. The first kappa shape index (κ1) is 10.6. The molecule has 1 N–H and O–H groups in total. The molecular weight excluding hydrogens is 205 g/mol. The van der Waals surface area contributed by atoms with E-state index in [2.05, 4.69) is 4.98 Å². The molecule has 0 aliphatic carbocycles. The smallest absolute Gasteiger partial charge is 0.153 e. The summed E-state index contributed by atoms with van der Waals surface area (Å²) >= 11 is 0. The molecule has 0 saturated carbocycles. The molecule has 0 radical (unpaired) electrons. The molecule has 0 atom stereocenters. The quantitative estimate of drug-likeness (QED) is 0.795.